The van der Waals surface area contributed by atoms with Crippen molar-refractivity contribution in [3.63, 3.8) is 0 Å². The number of carbonyl (C=O) groups excluding carboxylic acids is 2. The summed E-state index contributed by atoms with van der Waals surface area (Å²) in [6, 6.07) is 7.29. The molecule has 0 radical (unpaired) electrons. The SMILES string of the molecule is O=C(C[C@H]1S/C(=N\N=C2CCCC2)NC1=O)Nc1ccc(Br)cc1. The smallest absolute Gasteiger partial charge is 0.240 e. The van der Waals surface area contributed by atoms with Crippen LogP contribution in [0.25, 0.3) is 0 Å². The summed E-state index contributed by atoms with van der Waals surface area (Å²) in [5.74, 6) is -0.398. The van der Waals surface area contributed by atoms with Crippen LogP contribution in [0.15, 0.2) is 38.9 Å². The number of benzene rings is 1. The van der Waals surface area contributed by atoms with Gasteiger partial charge in [0.1, 0.15) is 5.25 Å². The van der Waals surface area contributed by atoms with Gasteiger partial charge in [-0.1, -0.05) is 27.7 Å². The van der Waals surface area contributed by atoms with Crippen LogP contribution in [0.3, 0.4) is 0 Å². The Morgan fingerprint density at radius 3 is 2.67 bits per heavy atom. The summed E-state index contributed by atoms with van der Waals surface area (Å²) < 4.78 is 0.941. The summed E-state index contributed by atoms with van der Waals surface area (Å²) in [4.78, 5) is 24.1. The van der Waals surface area contributed by atoms with Crippen molar-refractivity contribution < 1.29 is 9.59 Å². The van der Waals surface area contributed by atoms with Gasteiger partial charge in [-0.3, -0.25) is 9.59 Å². The molecule has 1 aliphatic carbocycles. The Hall–Kier alpha value is -1.67. The van der Waals surface area contributed by atoms with Crippen molar-refractivity contribution in [3.05, 3.63) is 28.7 Å². The second-order valence-corrected chi connectivity index (χ2v) is 7.74. The van der Waals surface area contributed by atoms with Crippen LogP contribution in [0.1, 0.15) is 32.1 Å². The van der Waals surface area contributed by atoms with Crippen molar-refractivity contribution in [1.82, 2.24) is 5.32 Å². The molecule has 1 saturated heterocycles. The summed E-state index contributed by atoms with van der Waals surface area (Å²) in [5.41, 5.74) is 1.78. The summed E-state index contributed by atoms with van der Waals surface area (Å²) in [6.45, 7) is 0. The lowest BCUT2D eigenvalue weighted by atomic mass is 10.2. The van der Waals surface area contributed by atoms with E-state index in [0.717, 1.165) is 35.9 Å². The maximum atomic E-state index is 12.1. The highest BCUT2D eigenvalue weighted by atomic mass is 79.9. The molecular weight excluding hydrogens is 392 g/mol. The third-order valence-electron chi connectivity index (χ3n) is 3.74. The van der Waals surface area contributed by atoms with E-state index < -0.39 is 5.25 Å². The van der Waals surface area contributed by atoms with E-state index in [0.29, 0.717) is 10.9 Å². The lowest BCUT2D eigenvalue weighted by molar-refractivity contribution is -0.122. The normalized spacial score (nSPS) is 21.9. The number of carbonyl (C=O) groups is 2. The number of rotatable bonds is 4. The van der Waals surface area contributed by atoms with E-state index in [1.807, 2.05) is 12.1 Å². The van der Waals surface area contributed by atoms with Crippen molar-refractivity contribution in [1.29, 1.82) is 0 Å². The van der Waals surface area contributed by atoms with E-state index in [1.54, 1.807) is 12.1 Å². The van der Waals surface area contributed by atoms with Crippen molar-refractivity contribution >= 4 is 56.1 Å². The molecule has 24 heavy (non-hydrogen) atoms. The molecule has 0 spiro atoms. The Kier molecular flexibility index (Phi) is 5.68. The van der Waals surface area contributed by atoms with Gasteiger partial charge in [0, 0.05) is 22.3 Å². The Morgan fingerprint density at radius 1 is 1.25 bits per heavy atom. The van der Waals surface area contributed by atoms with E-state index in [4.69, 9.17) is 0 Å². The highest BCUT2D eigenvalue weighted by Gasteiger charge is 2.32. The number of amides is 2. The number of hydrogen-bond donors (Lipinski definition) is 2. The zero-order chi connectivity index (χ0) is 16.9. The quantitative estimate of drug-likeness (QED) is 0.749. The Bertz CT molecular complexity index is 695. The molecule has 126 valence electrons. The van der Waals surface area contributed by atoms with Gasteiger partial charge >= 0.3 is 0 Å². The van der Waals surface area contributed by atoms with Gasteiger partial charge < -0.3 is 10.6 Å². The van der Waals surface area contributed by atoms with Gasteiger partial charge in [-0.25, -0.2) is 0 Å². The molecule has 8 heteroatoms. The lowest BCUT2D eigenvalue weighted by Gasteiger charge is -2.07. The number of hydrogen-bond acceptors (Lipinski definition) is 5. The standard InChI is InChI=1S/C16H17BrN4O2S/c17-10-5-7-11(8-6-10)18-14(22)9-13-15(23)19-16(24-13)21-20-12-3-1-2-4-12/h5-8,13H,1-4,9H2,(H,18,22)(H,19,21,23)/t13-/m1/s1. The predicted molar refractivity (Wildman–Crippen MR) is 100 cm³/mol. The molecule has 2 fully saturated rings. The van der Waals surface area contributed by atoms with Crippen molar-refractivity contribution in [2.24, 2.45) is 10.2 Å². The number of amidine groups is 1. The molecule has 0 aromatic heterocycles. The van der Waals surface area contributed by atoms with Crippen LogP contribution in [0.2, 0.25) is 0 Å². The Morgan fingerprint density at radius 2 is 1.96 bits per heavy atom. The largest absolute Gasteiger partial charge is 0.326 e. The molecule has 3 rings (SSSR count). The molecular formula is C16H17BrN4O2S. The topological polar surface area (TPSA) is 82.9 Å². The molecule has 1 aliphatic heterocycles. The van der Waals surface area contributed by atoms with Crippen molar-refractivity contribution in [3.8, 4) is 0 Å². The van der Waals surface area contributed by atoms with E-state index in [2.05, 4.69) is 36.8 Å². The van der Waals surface area contributed by atoms with Crippen LogP contribution in [0.4, 0.5) is 5.69 Å². The first kappa shape index (κ1) is 17.2. The lowest BCUT2D eigenvalue weighted by Crippen LogP contribution is -2.28. The minimum absolute atomic E-state index is 0.0994. The predicted octanol–water partition coefficient (Wildman–Crippen LogP) is 3.30. The Labute approximate surface area is 152 Å². The van der Waals surface area contributed by atoms with Crippen LogP contribution >= 0.6 is 27.7 Å². The molecule has 1 aromatic carbocycles. The fraction of sp³-hybridized carbons (Fsp3) is 0.375. The van der Waals surface area contributed by atoms with E-state index in [9.17, 15) is 9.59 Å². The first-order valence-electron chi connectivity index (χ1n) is 7.76. The molecule has 6 nitrogen and oxygen atoms in total. The Balaban J connectivity index is 1.54. The fourth-order valence-corrected chi connectivity index (χ4v) is 3.68. The molecule has 0 bridgehead atoms. The molecule has 2 amide bonds. The van der Waals surface area contributed by atoms with Crippen LogP contribution in [-0.4, -0.2) is 27.9 Å². The van der Waals surface area contributed by atoms with E-state index in [-0.39, 0.29) is 18.2 Å². The van der Waals surface area contributed by atoms with Gasteiger partial charge in [0.2, 0.25) is 11.8 Å². The van der Waals surface area contributed by atoms with Crippen molar-refractivity contribution in [2.75, 3.05) is 5.32 Å². The number of nitrogens with one attached hydrogen (secondary N) is 2. The zero-order valence-corrected chi connectivity index (χ0v) is 15.3. The van der Waals surface area contributed by atoms with Gasteiger partial charge in [0.15, 0.2) is 5.17 Å². The molecule has 2 aliphatic rings. The molecule has 1 heterocycles. The third-order valence-corrected chi connectivity index (χ3v) is 5.34. The van der Waals surface area contributed by atoms with Gasteiger partial charge in [0.25, 0.3) is 0 Å². The summed E-state index contributed by atoms with van der Waals surface area (Å²) in [6.07, 6.45) is 4.37. The second-order valence-electron chi connectivity index (χ2n) is 5.63. The maximum absolute atomic E-state index is 12.1. The number of nitrogens with zero attached hydrogens (tertiary/aromatic N) is 2. The van der Waals surface area contributed by atoms with Gasteiger partial charge in [-0.2, -0.15) is 5.10 Å². The van der Waals surface area contributed by atoms with Crippen LogP contribution in [0, 0.1) is 0 Å². The van der Waals surface area contributed by atoms with Crippen LogP contribution < -0.4 is 10.6 Å². The highest BCUT2D eigenvalue weighted by molar-refractivity contribution is 9.10. The first-order chi connectivity index (χ1) is 11.6. The van der Waals surface area contributed by atoms with Crippen LogP contribution in [-0.2, 0) is 9.59 Å². The monoisotopic (exact) mass is 408 g/mol. The highest BCUT2D eigenvalue weighted by Crippen LogP contribution is 2.24. The van der Waals surface area contributed by atoms with Gasteiger partial charge in [0.05, 0.1) is 0 Å². The molecule has 0 unspecified atom stereocenters. The average Bonchev–Trinajstić information content (AvgIpc) is 3.18. The molecule has 1 saturated carbocycles. The first-order valence-corrected chi connectivity index (χ1v) is 9.44. The minimum atomic E-state index is -0.469. The average molecular weight is 409 g/mol. The molecule has 1 aromatic rings. The van der Waals surface area contributed by atoms with Crippen LogP contribution in [0.5, 0.6) is 0 Å². The number of anilines is 1. The summed E-state index contributed by atoms with van der Waals surface area (Å²) in [5, 5.41) is 13.8. The number of thioether (sulfide) groups is 1. The summed E-state index contributed by atoms with van der Waals surface area (Å²) >= 11 is 4.60. The van der Waals surface area contributed by atoms with Gasteiger partial charge in [-0.15, -0.1) is 5.10 Å². The van der Waals surface area contributed by atoms with E-state index in [1.165, 1.54) is 11.8 Å². The minimum Gasteiger partial charge on any atom is -0.326 e. The summed E-state index contributed by atoms with van der Waals surface area (Å²) in [7, 11) is 0. The van der Waals surface area contributed by atoms with Crippen molar-refractivity contribution in [2.45, 2.75) is 37.4 Å². The fourth-order valence-electron chi connectivity index (χ4n) is 2.50. The third kappa shape index (κ3) is 4.67. The molecule has 2 N–H and O–H groups in total. The van der Waals surface area contributed by atoms with E-state index >= 15 is 0 Å². The second kappa shape index (κ2) is 7.94. The zero-order valence-electron chi connectivity index (χ0n) is 12.9. The molecule has 1 atom stereocenters. The van der Waals surface area contributed by atoms with Gasteiger partial charge in [-0.05, 0) is 49.9 Å². The number of halogens is 1. The maximum Gasteiger partial charge on any atom is 0.240 e.